The Morgan fingerprint density at radius 3 is 2.61 bits per heavy atom. The maximum absolute atomic E-state index is 13.6. The van der Waals surface area contributed by atoms with Crippen LogP contribution >= 0.6 is 7.75 Å². The molecule has 1 aromatic rings. The molecule has 36 heavy (non-hydrogen) atoms. The number of hydrogen-bond acceptors (Lipinski definition) is 11. The first-order chi connectivity index (χ1) is 17.0. The van der Waals surface area contributed by atoms with Crippen LogP contribution in [-0.4, -0.2) is 77.1 Å². The van der Waals surface area contributed by atoms with E-state index in [0.717, 1.165) is 11.2 Å². The van der Waals surface area contributed by atoms with Crippen molar-refractivity contribution in [1.82, 2.24) is 15.4 Å². The van der Waals surface area contributed by atoms with E-state index in [2.05, 4.69) is 22.1 Å². The molecule has 14 heteroatoms. The van der Waals surface area contributed by atoms with E-state index in [1.807, 2.05) is 13.8 Å². The largest absolute Gasteiger partial charge is 0.464 e. The molecule has 0 aliphatic carbocycles. The predicted molar refractivity (Wildman–Crippen MR) is 127 cm³/mol. The molecule has 1 saturated heterocycles. The van der Waals surface area contributed by atoms with Gasteiger partial charge in [-0.05, 0) is 25.0 Å². The molecular formula is C22H31N4O9P. The summed E-state index contributed by atoms with van der Waals surface area (Å²) in [6.45, 7) is 8.54. The molecule has 2 aliphatic rings. The minimum Gasteiger partial charge on any atom is -0.464 e. The second kappa shape index (κ2) is 12.0. The number of nitrogens with one attached hydrogen (secondary N) is 2. The van der Waals surface area contributed by atoms with E-state index in [-0.39, 0.29) is 24.1 Å². The lowest BCUT2D eigenvalue weighted by atomic mass is 10.1. The van der Waals surface area contributed by atoms with Crippen LogP contribution in [0.15, 0.2) is 47.8 Å². The normalized spacial score (nSPS) is 26.4. The Morgan fingerprint density at radius 2 is 1.97 bits per heavy atom. The van der Waals surface area contributed by atoms with Crippen molar-refractivity contribution in [2.24, 2.45) is 11.0 Å². The van der Waals surface area contributed by atoms with Crippen LogP contribution in [-0.2, 0) is 28.2 Å². The van der Waals surface area contributed by atoms with E-state index in [1.165, 1.54) is 6.92 Å². The number of para-hydroxylation sites is 1. The molecule has 0 aromatic heterocycles. The van der Waals surface area contributed by atoms with Crippen molar-refractivity contribution in [3.8, 4) is 5.75 Å². The zero-order valence-corrected chi connectivity index (χ0v) is 21.0. The zero-order chi connectivity index (χ0) is 26.5. The van der Waals surface area contributed by atoms with Gasteiger partial charge in [-0.3, -0.25) is 14.1 Å². The zero-order valence-electron chi connectivity index (χ0n) is 20.1. The Bertz CT molecular complexity index is 1020. The fraction of sp³-hybridized carbons (Fsp3) is 0.500. The molecule has 2 unspecified atom stereocenters. The third-order valence-corrected chi connectivity index (χ3v) is 6.71. The third kappa shape index (κ3) is 7.12. The molecule has 4 N–H and O–H groups in total. The molecule has 0 radical (unpaired) electrons. The average Bonchev–Trinajstić information content (AvgIpc) is 3.10. The maximum Gasteiger partial charge on any atom is 0.459 e. The highest BCUT2D eigenvalue weighted by molar-refractivity contribution is 7.52. The maximum atomic E-state index is 13.6. The van der Waals surface area contributed by atoms with E-state index in [1.54, 1.807) is 30.3 Å². The van der Waals surface area contributed by atoms with Crippen LogP contribution in [0.2, 0.25) is 0 Å². The number of amides is 1. The van der Waals surface area contributed by atoms with Gasteiger partial charge >= 0.3 is 13.7 Å². The second-order valence-corrected chi connectivity index (χ2v) is 10.3. The van der Waals surface area contributed by atoms with Crippen molar-refractivity contribution in [1.29, 1.82) is 0 Å². The number of ether oxygens (including phenoxy) is 2. The molecule has 0 spiro atoms. The van der Waals surface area contributed by atoms with Gasteiger partial charge in [0.25, 0.3) is 5.91 Å². The van der Waals surface area contributed by atoms with Crippen LogP contribution in [0.3, 0.4) is 0 Å². The molecule has 6 atom stereocenters. The summed E-state index contributed by atoms with van der Waals surface area (Å²) in [6.07, 6.45) is -4.33. The van der Waals surface area contributed by atoms with Crippen LogP contribution < -0.4 is 14.9 Å². The molecule has 13 nitrogen and oxygen atoms in total. The number of aliphatic hydroxyl groups excluding tert-OH is 2. The summed E-state index contributed by atoms with van der Waals surface area (Å²) in [5, 5.41) is 30.9. The molecule has 1 amide bonds. The quantitative estimate of drug-likeness (QED) is 0.237. The summed E-state index contributed by atoms with van der Waals surface area (Å²) < 4.78 is 35.5. The number of carbonyl (C=O) groups is 2. The standard InChI is InChI=1S/C22H31N4O9P/c1-13(2)11-32-22(30)14(3)25-36(31,35-16-8-6-5-7-9-16)33-12-17-19(28)20(29)21(34-17)26-15(4)24-18(27)10-23-26/h5-10,13-14,17,19-21,28-29H,4,11-12H2,1-3H3,(H,24,27)(H,25,31)/t14-,17+,19?,20-,21+,36?/m0/s1. The van der Waals surface area contributed by atoms with E-state index in [4.69, 9.17) is 18.5 Å². The fourth-order valence-corrected chi connectivity index (χ4v) is 4.75. The number of benzene rings is 1. The van der Waals surface area contributed by atoms with Gasteiger partial charge in [0.15, 0.2) is 6.23 Å². The van der Waals surface area contributed by atoms with Gasteiger partial charge in [0.2, 0.25) is 0 Å². The minimum atomic E-state index is -4.21. The highest BCUT2D eigenvalue weighted by Crippen LogP contribution is 2.45. The third-order valence-electron chi connectivity index (χ3n) is 5.06. The first-order valence-electron chi connectivity index (χ1n) is 11.3. The SMILES string of the molecule is C=C1NC(=O)C=NN1[C@@H]1O[C@H](COP(=O)(N[C@@H](C)C(=O)OCC(C)C)Oc2ccccc2)C(O)[C@@H]1O. The van der Waals surface area contributed by atoms with Crippen LogP contribution in [0.4, 0.5) is 0 Å². The highest BCUT2D eigenvalue weighted by atomic mass is 31.2. The number of esters is 1. The summed E-state index contributed by atoms with van der Waals surface area (Å²) >= 11 is 0. The van der Waals surface area contributed by atoms with E-state index < -0.39 is 56.8 Å². The van der Waals surface area contributed by atoms with Gasteiger partial charge in [0.05, 0.1) is 13.2 Å². The van der Waals surface area contributed by atoms with Gasteiger partial charge in [0, 0.05) is 0 Å². The number of aliphatic hydroxyl groups is 2. The summed E-state index contributed by atoms with van der Waals surface area (Å²) in [6, 6.07) is 7.11. The molecule has 2 aliphatic heterocycles. The Balaban J connectivity index is 1.70. The Labute approximate surface area is 208 Å². The van der Waals surface area contributed by atoms with Crippen molar-refractivity contribution in [3.05, 3.63) is 42.7 Å². The predicted octanol–water partition coefficient (Wildman–Crippen LogP) is 0.703. The number of hydrogen-bond donors (Lipinski definition) is 4. The first kappa shape index (κ1) is 27.8. The van der Waals surface area contributed by atoms with Crippen molar-refractivity contribution in [2.45, 2.75) is 51.4 Å². The summed E-state index contributed by atoms with van der Waals surface area (Å²) in [5.74, 6) is -0.806. The van der Waals surface area contributed by atoms with Gasteiger partial charge in [0.1, 0.15) is 42.1 Å². The lowest BCUT2D eigenvalue weighted by molar-refractivity contribution is -0.146. The molecule has 1 aromatic carbocycles. The van der Waals surface area contributed by atoms with E-state index in [9.17, 15) is 24.4 Å². The number of hydrazone groups is 1. The van der Waals surface area contributed by atoms with Crippen LogP contribution in [0.25, 0.3) is 0 Å². The van der Waals surface area contributed by atoms with Gasteiger partial charge in [-0.15, -0.1) is 0 Å². The van der Waals surface area contributed by atoms with Gasteiger partial charge in [-0.2, -0.15) is 10.2 Å². The van der Waals surface area contributed by atoms with E-state index in [0.29, 0.717) is 0 Å². The number of rotatable bonds is 11. The Morgan fingerprint density at radius 1 is 1.28 bits per heavy atom. The van der Waals surface area contributed by atoms with Crippen LogP contribution in [0, 0.1) is 5.92 Å². The van der Waals surface area contributed by atoms with Gasteiger partial charge in [-0.1, -0.05) is 38.6 Å². The fourth-order valence-electron chi connectivity index (χ4n) is 3.25. The lowest BCUT2D eigenvalue weighted by Gasteiger charge is -2.30. The monoisotopic (exact) mass is 526 g/mol. The number of nitrogens with zero attached hydrogens (tertiary/aromatic N) is 2. The smallest absolute Gasteiger partial charge is 0.459 e. The molecule has 198 valence electrons. The van der Waals surface area contributed by atoms with E-state index >= 15 is 0 Å². The van der Waals surface area contributed by atoms with Crippen LogP contribution in [0.1, 0.15) is 20.8 Å². The highest BCUT2D eigenvalue weighted by Gasteiger charge is 2.48. The van der Waals surface area contributed by atoms with Gasteiger partial charge < -0.3 is 29.5 Å². The Kier molecular flexibility index (Phi) is 9.23. The second-order valence-electron chi connectivity index (χ2n) is 8.64. The minimum absolute atomic E-state index is 0.0359. The molecular weight excluding hydrogens is 495 g/mol. The van der Waals surface area contributed by atoms with Crippen molar-refractivity contribution >= 4 is 25.8 Å². The molecule has 1 fully saturated rings. The Hall–Kier alpha value is -2.80. The average molecular weight is 526 g/mol. The molecule has 0 saturated carbocycles. The summed E-state index contributed by atoms with van der Waals surface area (Å²) in [7, 11) is -4.21. The van der Waals surface area contributed by atoms with Gasteiger partial charge in [-0.25, -0.2) is 9.57 Å². The molecule has 3 rings (SSSR count). The van der Waals surface area contributed by atoms with Crippen molar-refractivity contribution in [2.75, 3.05) is 13.2 Å². The summed E-state index contributed by atoms with van der Waals surface area (Å²) in [4.78, 5) is 23.7. The van der Waals surface area contributed by atoms with Crippen molar-refractivity contribution in [3.63, 3.8) is 0 Å². The first-order valence-corrected chi connectivity index (χ1v) is 12.8. The topological polar surface area (TPSA) is 168 Å². The molecule has 0 bridgehead atoms. The summed E-state index contributed by atoms with van der Waals surface area (Å²) in [5.41, 5.74) is 0. The van der Waals surface area contributed by atoms with Crippen molar-refractivity contribution < 1.29 is 42.9 Å². The van der Waals surface area contributed by atoms with Crippen LogP contribution in [0.5, 0.6) is 5.75 Å². The number of carbonyl (C=O) groups excluding carboxylic acids is 2. The molecule has 2 heterocycles. The lowest BCUT2D eigenvalue weighted by Crippen LogP contribution is -2.47.